The van der Waals surface area contributed by atoms with Gasteiger partial charge in [-0.3, -0.25) is 19.8 Å². The Bertz CT molecular complexity index is 555. The van der Waals surface area contributed by atoms with Gasteiger partial charge in [0.2, 0.25) is 5.88 Å². The zero-order valence-electron chi connectivity index (χ0n) is 10.7. The Balaban J connectivity index is 1.92. The Morgan fingerprint density at radius 1 is 1.21 bits per heavy atom. The standard InChI is InChI=1S/C12H18N4O3/c17-10-9(11(18)15-12(19)14-10)8-13-4-7-16-5-2-1-3-6-16/h8H,1-7H2,(H3,14,15,17,18,19)/p+1. The van der Waals surface area contributed by atoms with Crippen molar-refractivity contribution in [3.8, 4) is 5.88 Å². The number of aromatic nitrogens is 2. The van der Waals surface area contributed by atoms with Gasteiger partial charge in [0, 0.05) is 6.21 Å². The highest BCUT2D eigenvalue weighted by Gasteiger charge is 2.12. The van der Waals surface area contributed by atoms with Crippen LogP contribution in [0.3, 0.4) is 0 Å². The summed E-state index contributed by atoms with van der Waals surface area (Å²) in [7, 11) is 0. The first-order valence-electron chi connectivity index (χ1n) is 6.56. The molecule has 1 fully saturated rings. The minimum atomic E-state index is -0.725. The molecule has 1 aromatic rings. The SMILES string of the molecule is O=c1[nH]c(O)c(C=NCC[NH+]2CCCCC2)c(=O)[nH]1. The van der Waals surface area contributed by atoms with E-state index in [4.69, 9.17) is 0 Å². The van der Waals surface area contributed by atoms with E-state index in [2.05, 4.69) is 9.98 Å². The second kappa shape index (κ2) is 6.33. The van der Waals surface area contributed by atoms with Crippen LogP contribution >= 0.6 is 0 Å². The summed E-state index contributed by atoms with van der Waals surface area (Å²) in [5.74, 6) is -0.442. The van der Waals surface area contributed by atoms with Gasteiger partial charge in [0.15, 0.2) is 0 Å². The molecule has 0 unspecified atom stereocenters. The third kappa shape index (κ3) is 3.78. The number of aliphatic imine (C=N–C) groups is 1. The molecule has 4 N–H and O–H groups in total. The summed E-state index contributed by atoms with van der Waals surface area (Å²) in [6, 6.07) is 0. The van der Waals surface area contributed by atoms with Gasteiger partial charge >= 0.3 is 5.69 Å². The van der Waals surface area contributed by atoms with E-state index in [1.54, 1.807) is 0 Å². The monoisotopic (exact) mass is 267 g/mol. The number of hydrogen-bond acceptors (Lipinski definition) is 4. The quantitative estimate of drug-likeness (QED) is 0.487. The van der Waals surface area contributed by atoms with E-state index in [0.29, 0.717) is 6.54 Å². The summed E-state index contributed by atoms with van der Waals surface area (Å²) >= 11 is 0. The molecule has 19 heavy (non-hydrogen) atoms. The Labute approximate surface area is 110 Å². The maximum Gasteiger partial charge on any atom is 0.328 e. The predicted octanol–water partition coefficient (Wildman–Crippen LogP) is -1.74. The van der Waals surface area contributed by atoms with E-state index in [1.807, 2.05) is 4.98 Å². The lowest BCUT2D eigenvalue weighted by atomic mass is 10.1. The van der Waals surface area contributed by atoms with Crippen LogP contribution in [0.25, 0.3) is 0 Å². The van der Waals surface area contributed by atoms with Crippen molar-refractivity contribution in [1.82, 2.24) is 9.97 Å². The van der Waals surface area contributed by atoms with E-state index < -0.39 is 17.1 Å². The van der Waals surface area contributed by atoms with Crippen molar-refractivity contribution in [2.24, 2.45) is 4.99 Å². The number of hydrogen-bond donors (Lipinski definition) is 4. The molecule has 7 nitrogen and oxygen atoms in total. The Morgan fingerprint density at radius 2 is 1.95 bits per heavy atom. The van der Waals surface area contributed by atoms with Gasteiger partial charge < -0.3 is 10.0 Å². The Hall–Kier alpha value is -1.89. The van der Waals surface area contributed by atoms with Gasteiger partial charge in [-0.1, -0.05) is 0 Å². The number of aromatic amines is 2. The third-order valence-corrected chi connectivity index (χ3v) is 3.33. The van der Waals surface area contributed by atoms with Crippen molar-refractivity contribution in [3.05, 3.63) is 26.4 Å². The van der Waals surface area contributed by atoms with Gasteiger partial charge in [0.1, 0.15) is 5.56 Å². The van der Waals surface area contributed by atoms with E-state index >= 15 is 0 Å². The third-order valence-electron chi connectivity index (χ3n) is 3.33. The first-order chi connectivity index (χ1) is 9.16. The zero-order chi connectivity index (χ0) is 13.7. The maximum atomic E-state index is 11.4. The second-order valence-electron chi connectivity index (χ2n) is 4.77. The van der Waals surface area contributed by atoms with Gasteiger partial charge in [-0.05, 0) is 19.3 Å². The maximum absolute atomic E-state index is 11.4. The summed E-state index contributed by atoms with van der Waals surface area (Å²) in [6.07, 6.45) is 5.15. The number of H-pyrrole nitrogens is 2. The van der Waals surface area contributed by atoms with E-state index in [-0.39, 0.29) is 5.56 Å². The molecule has 1 saturated heterocycles. The van der Waals surface area contributed by atoms with Crippen molar-refractivity contribution >= 4 is 6.21 Å². The molecule has 0 amide bonds. The molecular formula is C12H19N4O3+. The zero-order valence-corrected chi connectivity index (χ0v) is 10.7. The molecule has 0 aromatic carbocycles. The van der Waals surface area contributed by atoms with Crippen LogP contribution in [0.4, 0.5) is 0 Å². The van der Waals surface area contributed by atoms with Crippen molar-refractivity contribution in [2.45, 2.75) is 19.3 Å². The van der Waals surface area contributed by atoms with Crippen LogP contribution in [0.5, 0.6) is 5.88 Å². The predicted molar refractivity (Wildman–Crippen MR) is 71.2 cm³/mol. The molecule has 0 saturated carbocycles. The number of quaternary nitrogens is 1. The van der Waals surface area contributed by atoms with Crippen molar-refractivity contribution in [2.75, 3.05) is 26.2 Å². The summed E-state index contributed by atoms with van der Waals surface area (Å²) in [4.78, 5) is 32.1. The molecule has 0 bridgehead atoms. The molecule has 0 spiro atoms. The molecule has 0 aliphatic carbocycles. The number of nitrogens with one attached hydrogen (secondary N) is 3. The smallest absolute Gasteiger partial charge is 0.328 e. The fraction of sp³-hybridized carbons (Fsp3) is 0.583. The van der Waals surface area contributed by atoms with Gasteiger partial charge in [-0.15, -0.1) is 0 Å². The van der Waals surface area contributed by atoms with Crippen molar-refractivity contribution in [3.63, 3.8) is 0 Å². The van der Waals surface area contributed by atoms with Crippen LogP contribution in [-0.4, -0.2) is 47.5 Å². The van der Waals surface area contributed by atoms with Crippen molar-refractivity contribution in [1.29, 1.82) is 0 Å². The first-order valence-corrected chi connectivity index (χ1v) is 6.56. The number of nitrogens with zero attached hydrogens (tertiary/aromatic N) is 1. The van der Waals surface area contributed by atoms with Crippen LogP contribution in [0.1, 0.15) is 24.8 Å². The first kappa shape index (κ1) is 13.5. The van der Waals surface area contributed by atoms with Crippen LogP contribution in [0.2, 0.25) is 0 Å². The minimum Gasteiger partial charge on any atom is -0.494 e. The van der Waals surface area contributed by atoms with Gasteiger partial charge in [0.25, 0.3) is 5.56 Å². The van der Waals surface area contributed by atoms with Crippen LogP contribution in [0, 0.1) is 0 Å². The van der Waals surface area contributed by atoms with Crippen LogP contribution in [0.15, 0.2) is 14.6 Å². The van der Waals surface area contributed by atoms with Crippen LogP contribution < -0.4 is 16.1 Å². The number of likely N-dealkylation sites (tertiary alicyclic amines) is 1. The Morgan fingerprint density at radius 3 is 2.63 bits per heavy atom. The highest BCUT2D eigenvalue weighted by Crippen LogP contribution is 2.00. The summed E-state index contributed by atoms with van der Waals surface area (Å²) < 4.78 is 0. The molecule has 7 heteroatoms. The van der Waals surface area contributed by atoms with E-state index in [9.17, 15) is 14.7 Å². The summed E-state index contributed by atoms with van der Waals surface area (Å²) in [5, 5.41) is 9.45. The van der Waals surface area contributed by atoms with Crippen molar-refractivity contribution < 1.29 is 10.0 Å². The highest BCUT2D eigenvalue weighted by molar-refractivity contribution is 5.81. The number of piperidine rings is 1. The summed E-state index contributed by atoms with van der Waals surface area (Å²) in [5.41, 5.74) is -1.36. The van der Waals surface area contributed by atoms with Gasteiger partial charge in [0.05, 0.1) is 26.2 Å². The molecular weight excluding hydrogens is 248 g/mol. The molecule has 104 valence electrons. The fourth-order valence-corrected chi connectivity index (χ4v) is 2.28. The molecule has 1 aromatic heterocycles. The fourth-order valence-electron chi connectivity index (χ4n) is 2.28. The second-order valence-corrected chi connectivity index (χ2v) is 4.77. The average Bonchev–Trinajstić information content (AvgIpc) is 2.38. The molecule has 0 atom stereocenters. The lowest BCUT2D eigenvalue weighted by Gasteiger charge is -2.22. The largest absolute Gasteiger partial charge is 0.494 e. The van der Waals surface area contributed by atoms with Gasteiger partial charge in [-0.25, -0.2) is 4.79 Å². The molecule has 2 heterocycles. The highest BCUT2D eigenvalue weighted by atomic mass is 16.3. The van der Waals surface area contributed by atoms with Crippen LogP contribution in [-0.2, 0) is 0 Å². The van der Waals surface area contributed by atoms with Gasteiger partial charge in [-0.2, -0.15) is 0 Å². The average molecular weight is 267 g/mol. The normalized spacial score (nSPS) is 17.1. The molecule has 2 rings (SSSR count). The lowest BCUT2D eigenvalue weighted by molar-refractivity contribution is -0.903. The minimum absolute atomic E-state index is 0.00626. The van der Waals surface area contributed by atoms with E-state index in [1.165, 1.54) is 43.5 Å². The summed E-state index contributed by atoms with van der Waals surface area (Å²) in [6.45, 7) is 3.89. The lowest BCUT2D eigenvalue weighted by Crippen LogP contribution is -3.13. The number of aromatic hydroxyl groups is 1. The molecule has 1 aliphatic rings. The topological polar surface area (TPSA) is 103 Å². The van der Waals surface area contributed by atoms with E-state index in [0.717, 1.165) is 6.54 Å². The number of rotatable bonds is 4. The Kier molecular flexibility index (Phi) is 4.51. The molecule has 0 radical (unpaired) electrons. The molecule has 1 aliphatic heterocycles.